The minimum Gasteiger partial charge on any atom is -0.313 e. The second-order valence-electron chi connectivity index (χ2n) is 5.71. The van der Waals surface area contributed by atoms with Crippen LogP contribution in [0, 0.1) is 5.92 Å². The predicted molar refractivity (Wildman–Crippen MR) is 65.1 cm³/mol. The largest absolute Gasteiger partial charge is 0.313 e. The average molecular weight is 210 g/mol. The van der Waals surface area contributed by atoms with Crippen LogP contribution < -0.4 is 5.32 Å². The highest BCUT2D eigenvalue weighted by molar-refractivity contribution is 4.85. The summed E-state index contributed by atoms with van der Waals surface area (Å²) in [6, 6.07) is 1.67. The zero-order valence-electron chi connectivity index (χ0n) is 10.3. The molecule has 1 unspecified atom stereocenters. The molecule has 1 saturated carbocycles. The van der Waals surface area contributed by atoms with Gasteiger partial charge in [-0.25, -0.2) is 0 Å². The molecule has 0 radical (unpaired) electrons. The van der Waals surface area contributed by atoms with Gasteiger partial charge >= 0.3 is 0 Å². The van der Waals surface area contributed by atoms with Gasteiger partial charge in [0.05, 0.1) is 0 Å². The Morgan fingerprint density at radius 2 is 2.07 bits per heavy atom. The molecule has 2 rings (SSSR count). The minimum absolute atomic E-state index is 0.744. The van der Waals surface area contributed by atoms with Gasteiger partial charge in [0.25, 0.3) is 0 Å². The Labute approximate surface area is 94.4 Å². The third-order valence-corrected chi connectivity index (χ3v) is 3.86. The molecule has 88 valence electrons. The summed E-state index contributed by atoms with van der Waals surface area (Å²) in [7, 11) is 0. The average Bonchev–Trinajstić information content (AvgIpc) is 2.26. The first-order chi connectivity index (χ1) is 7.25. The third kappa shape index (κ3) is 3.18. The molecule has 1 heterocycles. The normalized spacial score (nSPS) is 30.2. The van der Waals surface area contributed by atoms with Gasteiger partial charge in [-0.3, -0.25) is 4.90 Å². The summed E-state index contributed by atoms with van der Waals surface area (Å²) in [4.78, 5) is 2.75. The Morgan fingerprint density at radius 1 is 1.27 bits per heavy atom. The van der Waals surface area contributed by atoms with Gasteiger partial charge < -0.3 is 5.32 Å². The number of hydrogen-bond donors (Lipinski definition) is 1. The zero-order chi connectivity index (χ0) is 10.7. The quantitative estimate of drug-likeness (QED) is 0.768. The molecular weight excluding hydrogens is 184 g/mol. The van der Waals surface area contributed by atoms with Crippen molar-refractivity contribution in [3.63, 3.8) is 0 Å². The molecule has 0 aromatic carbocycles. The van der Waals surface area contributed by atoms with Gasteiger partial charge in [0, 0.05) is 18.6 Å². The van der Waals surface area contributed by atoms with Crippen LogP contribution in [0.15, 0.2) is 0 Å². The van der Waals surface area contributed by atoms with Crippen LogP contribution in [0.2, 0.25) is 0 Å². The highest BCUT2D eigenvalue weighted by Gasteiger charge is 2.28. The van der Waals surface area contributed by atoms with Gasteiger partial charge in [0.1, 0.15) is 0 Å². The maximum Gasteiger partial charge on any atom is 0.0197 e. The maximum atomic E-state index is 3.70. The summed E-state index contributed by atoms with van der Waals surface area (Å²) >= 11 is 0. The molecule has 0 aromatic heterocycles. The monoisotopic (exact) mass is 210 g/mol. The minimum atomic E-state index is 0.744. The van der Waals surface area contributed by atoms with E-state index in [2.05, 4.69) is 24.1 Å². The zero-order valence-corrected chi connectivity index (χ0v) is 10.3. The van der Waals surface area contributed by atoms with Gasteiger partial charge in [0.15, 0.2) is 0 Å². The van der Waals surface area contributed by atoms with Crippen LogP contribution in [0.1, 0.15) is 46.0 Å². The van der Waals surface area contributed by atoms with E-state index in [0.717, 1.165) is 18.0 Å². The number of rotatable bonds is 3. The second kappa shape index (κ2) is 5.31. The molecule has 0 bridgehead atoms. The summed E-state index contributed by atoms with van der Waals surface area (Å²) < 4.78 is 0. The molecule has 2 fully saturated rings. The lowest BCUT2D eigenvalue weighted by Gasteiger charge is -2.38. The van der Waals surface area contributed by atoms with Crippen LogP contribution >= 0.6 is 0 Å². The SMILES string of the molecule is CC(C)CC1CN(C2CCC2)CCCN1. The molecule has 15 heavy (non-hydrogen) atoms. The standard InChI is InChI=1S/C13H26N2/c1-11(2)9-12-10-15(8-4-7-14-12)13-5-3-6-13/h11-14H,3-10H2,1-2H3. The van der Waals surface area contributed by atoms with Crippen molar-refractivity contribution in [2.75, 3.05) is 19.6 Å². The molecule has 2 heteroatoms. The summed E-state index contributed by atoms with van der Waals surface area (Å²) in [6.07, 6.45) is 7.04. The molecule has 1 N–H and O–H groups in total. The Hall–Kier alpha value is -0.0800. The molecular formula is C13H26N2. The molecule has 0 spiro atoms. The number of nitrogens with one attached hydrogen (secondary N) is 1. The molecule has 1 saturated heterocycles. The van der Waals surface area contributed by atoms with Crippen molar-refractivity contribution in [3.8, 4) is 0 Å². The molecule has 0 aromatic rings. The van der Waals surface area contributed by atoms with E-state index in [1.165, 1.54) is 51.7 Å². The summed E-state index contributed by atoms with van der Waals surface area (Å²) in [5.74, 6) is 0.823. The van der Waals surface area contributed by atoms with E-state index >= 15 is 0 Å². The van der Waals surface area contributed by atoms with Gasteiger partial charge in [-0.2, -0.15) is 0 Å². The Balaban J connectivity index is 1.83. The van der Waals surface area contributed by atoms with Gasteiger partial charge in [0.2, 0.25) is 0 Å². The van der Waals surface area contributed by atoms with Crippen molar-refractivity contribution in [1.29, 1.82) is 0 Å². The first-order valence-electron chi connectivity index (χ1n) is 6.73. The van der Waals surface area contributed by atoms with Crippen molar-refractivity contribution in [1.82, 2.24) is 10.2 Å². The third-order valence-electron chi connectivity index (χ3n) is 3.86. The number of hydrogen-bond acceptors (Lipinski definition) is 2. The topological polar surface area (TPSA) is 15.3 Å². The molecule has 1 aliphatic heterocycles. The summed E-state index contributed by atoms with van der Waals surface area (Å²) in [5, 5.41) is 3.70. The van der Waals surface area contributed by atoms with E-state index < -0.39 is 0 Å². The fourth-order valence-corrected chi connectivity index (χ4v) is 2.84. The smallest absolute Gasteiger partial charge is 0.0197 e. The second-order valence-corrected chi connectivity index (χ2v) is 5.71. The van der Waals surface area contributed by atoms with Crippen LogP contribution in [-0.4, -0.2) is 36.6 Å². The molecule has 1 aliphatic carbocycles. The summed E-state index contributed by atoms with van der Waals surface area (Å²) in [5.41, 5.74) is 0. The van der Waals surface area contributed by atoms with Crippen LogP contribution in [-0.2, 0) is 0 Å². The van der Waals surface area contributed by atoms with E-state index in [9.17, 15) is 0 Å². The maximum absolute atomic E-state index is 3.70. The fourth-order valence-electron chi connectivity index (χ4n) is 2.84. The summed E-state index contributed by atoms with van der Waals surface area (Å²) in [6.45, 7) is 8.51. The van der Waals surface area contributed by atoms with Crippen molar-refractivity contribution in [3.05, 3.63) is 0 Å². The predicted octanol–water partition coefficient (Wildman–Crippen LogP) is 2.25. The Kier molecular flexibility index (Phi) is 4.04. The first kappa shape index (κ1) is 11.4. The fraction of sp³-hybridized carbons (Fsp3) is 1.00. The Bertz CT molecular complexity index is 187. The van der Waals surface area contributed by atoms with Crippen LogP contribution in [0.4, 0.5) is 0 Å². The van der Waals surface area contributed by atoms with Gasteiger partial charge in [-0.15, -0.1) is 0 Å². The van der Waals surface area contributed by atoms with E-state index in [1.54, 1.807) is 0 Å². The van der Waals surface area contributed by atoms with Crippen molar-refractivity contribution in [2.45, 2.75) is 58.0 Å². The van der Waals surface area contributed by atoms with E-state index in [4.69, 9.17) is 0 Å². The van der Waals surface area contributed by atoms with Gasteiger partial charge in [-0.1, -0.05) is 20.3 Å². The molecule has 2 aliphatic rings. The van der Waals surface area contributed by atoms with Crippen LogP contribution in [0.3, 0.4) is 0 Å². The van der Waals surface area contributed by atoms with Gasteiger partial charge in [-0.05, 0) is 44.7 Å². The lowest BCUT2D eigenvalue weighted by atomic mass is 9.90. The highest BCUT2D eigenvalue weighted by atomic mass is 15.2. The Morgan fingerprint density at radius 3 is 2.67 bits per heavy atom. The van der Waals surface area contributed by atoms with E-state index in [0.29, 0.717) is 0 Å². The van der Waals surface area contributed by atoms with Crippen molar-refractivity contribution >= 4 is 0 Å². The lowest BCUT2D eigenvalue weighted by molar-refractivity contribution is 0.122. The van der Waals surface area contributed by atoms with E-state index in [-0.39, 0.29) is 0 Å². The molecule has 1 atom stereocenters. The molecule has 0 amide bonds. The van der Waals surface area contributed by atoms with Crippen molar-refractivity contribution < 1.29 is 0 Å². The molecule has 2 nitrogen and oxygen atoms in total. The lowest BCUT2D eigenvalue weighted by Crippen LogP contribution is -2.45. The first-order valence-corrected chi connectivity index (χ1v) is 6.73. The number of nitrogens with zero attached hydrogens (tertiary/aromatic N) is 1. The van der Waals surface area contributed by atoms with E-state index in [1.807, 2.05) is 0 Å². The van der Waals surface area contributed by atoms with Crippen LogP contribution in [0.5, 0.6) is 0 Å². The van der Waals surface area contributed by atoms with Crippen LogP contribution in [0.25, 0.3) is 0 Å². The van der Waals surface area contributed by atoms with Crippen molar-refractivity contribution in [2.24, 2.45) is 5.92 Å². The highest BCUT2D eigenvalue weighted by Crippen LogP contribution is 2.26.